The van der Waals surface area contributed by atoms with Crippen molar-refractivity contribution in [3.8, 4) is 0 Å². The van der Waals surface area contributed by atoms with E-state index in [0.29, 0.717) is 5.92 Å². The molecule has 0 bridgehead atoms. The number of carbonyl (C=O) groups is 1. The SMILES string of the molecule is CC(NC(=O)c1ccccc1C(C)(C)C)C1CCNCC1. The molecule has 1 aromatic carbocycles. The standard InChI is InChI=1S/C18H28N2O/c1-13(14-9-11-19-12-10-14)20-17(21)15-7-5-6-8-16(15)18(2,3)4/h5-8,13-14,19H,9-12H2,1-4H3,(H,20,21). The van der Waals surface area contributed by atoms with Crippen molar-refractivity contribution in [1.29, 1.82) is 0 Å². The smallest absolute Gasteiger partial charge is 0.251 e. The Labute approximate surface area is 128 Å². The first-order valence-corrected chi connectivity index (χ1v) is 8.00. The van der Waals surface area contributed by atoms with Crippen LogP contribution in [-0.2, 0) is 5.41 Å². The Kier molecular flexibility index (Phi) is 5.04. The monoisotopic (exact) mass is 288 g/mol. The highest BCUT2D eigenvalue weighted by atomic mass is 16.1. The zero-order valence-corrected chi connectivity index (χ0v) is 13.7. The van der Waals surface area contributed by atoms with Gasteiger partial charge in [-0.15, -0.1) is 0 Å². The summed E-state index contributed by atoms with van der Waals surface area (Å²) in [7, 11) is 0. The molecular weight excluding hydrogens is 260 g/mol. The quantitative estimate of drug-likeness (QED) is 0.897. The minimum Gasteiger partial charge on any atom is -0.349 e. The first-order chi connectivity index (χ1) is 9.89. The Morgan fingerprint density at radius 1 is 1.24 bits per heavy atom. The molecule has 116 valence electrons. The van der Waals surface area contributed by atoms with Crippen molar-refractivity contribution in [2.45, 2.75) is 52.0 Å². The summed E-state index contributed by atoms with van der Waals surface area (Å²) in [5.74, 6) is 0.642. The number of carbonyl (C=O) groups excluding carboxylic acids is 1. The van der Waals surface area contributed by atoms with E-state index in [1.54, 1.807) is 0 Å². The van der Waals surface area contributed by atoms with Crippen LogP contribution in [0.4, 0.5) is 0 Å². The normalized spacial score (nSPS) is 18.3. The van der Waals surface area contributed by atoms with Crippen LogP contribution >= 0.6 is 0 Å². The molecule has 0 spiro atoms. The summed E-state index contributed by atoms with van der Waals surface area (Å²) < 4.78 is 0. The average Bonchev–Trinajstić information content (AvgIpc) is 2.47. The number of amides is 1. The Hall–Kier alpha value is -1.35. The fourth-order valence-electron chi connectivity index (χ4n) is 3.08. The number of rotatable bonds is 3. The lowest BCUT2D eigenvalue weighted by Crippen LogP contribution is -2.43. The maximum Gasteiger partial charge on any atom is 0.251 e. The van der Waals surface area contributed by atoms with E-state index in [2.05, 4.69) is 44.4 Å². The van der Waals surface area contributed by atoms with Gasteiger partial charge in [-0.05, 0) is 55.8 Å². The molecule has 1 amide bonds. The molecule has 1 saturated heterocycles. The summed E-state index contributed by atoms with van der Waals surface area (Å²) in [6.45, 7) is 10.7. The second kappa shape index (κ2) is 6.61. The molecule has 0 saturated carbocycles. The number of benzene rings is 1. The van der Waals surface area contributed by atoms with Crippen molar-refractivity contribution < 1.29 is 4.79 Å². The molecule has 0 aliphatic carbocycles. The second-order valence-electron chi connectivity index (χ2n) is 7.15. The second-order valence-corrected chi connectivity index (χ2v) is 7.15. The molecule has 3 nitrogen and oxygen atoms in total. The van der Waals surface area contributed by atoms with Crippen molar-refractivity contribution in [1.82, 2.24) is 10.6 Å². The first kappa shape index (κ1) is 16.0. The molecule has 1 heterocycles. The molecule has 0 aromatic heterocycles. The zero-order valence-electron chi connectivity index (χ0n) is 13.7. The summed E-state index contributed by atoms with van der Waals surface area (Å²) in [6, 6.07) is 8.18. The maximum atomic E-state index is 12.6. The predicted molar refractivity (Wildman–Crippen MR) is 87.7 cm³/mol. The summed E-state index contributed by atoms with van der Waals surface area (Å²) in [6.07, 6.45) is 2.28. The van der Waals surface area contributed by atoms with Gasteiger partial charge < -0.3 is 10.6 Å². The Balaban J connectivity index is 2.10. The number of piperidine rings is 1. The van der Waals surface area contributed by atoms with Gasteiger partial charge in [0.05, 0.1) is 0 Å². The van der Waals surface area contributed by atoms with Gasteiger partial charge in [-0.3, -0.25) is 4.79 Å². The van der Waals surface area contributed by atoms with Crippen LogP contribution in [0.2, 0.25) is 0 Å². The van der Waals surface area contributed by atoms with E-state index in [4.69, 9.17) is 0 Å². The molecular formula is C18H28N2O. The van der Waals surface area contributed by atoms with Crippen molar-refractivity contribution in [3.05, 3.63) is 35.4 Å². The van der Waals surface area contributed by atoms with E-state index in [1.807, 2.05) is 18.2 Å². The van der Waals surface area contributed by atoms with Crippen LogP contribution in [0.3, 0.4) is 0 Å². The summed E-state index contributed by atoms with van der Waals surface area (Å²) in [5, 5.41) is 6.58. The average molecular weight is 288 g/mol. The Morgan fingerprint density at radius 2 is 1.86 bits per heavy atom. The van der Waals surface area contributed by atoms with Gasteiger partial charge in [0, 0.05) is 11.6 Å². The van der Waals surface area contributed by atoms with Crippen molar-refractivity contribution in [2.24, 2.45) is 5.92 Å². The Bertz CT molecular complexity index is 484. The highest BCUT2D eigenvalue weighted by Gasteiger charge is 2.25. The van der Waals surface area contributed by atoms with E-state index >= 15 is 0 Å². The van der Waals surface area contributed by atoms with Gasteiger partial charge in [0.1, 0.15) is 0 Å². The third-order valence-electron chi connectivity index (χ3n) is 4.43. The van der Waals surface area contributed by atoms with Crippen LogP contribution in [0.25, 0.3) is 0 Å². The van der Waals surface area contributed by atoms with Gasteiger partial charge in [-0.1, -0.05) is 39.0 Å². The van der Waals surface area contributed by atoms with Crippen LogP contribution in [0.1, 0.15) is 56.5 Å². The minimum atomic E-state index is -0.0219. The highest BCUT2D eigenvalue weighted by molar-refractivity contribution is 5.96. The molecule has 2 rings (SSSR count). The topological polar surface area (TPSA) is 41.1 Å². The lowest BCUT2D eigenvalue weighted by Gasteiger charge is -2.29. The van der Waals surface area contributed by atoms with Crippen molar-refractivity contribution in [3.63, 3.8) is 0 Å². The molecule has 1 aromatic rings. The van der Waals surface area contributed by atoms with E-state index in [-0.39, 0.29) is 17.4 Å². The molecule has 1 aliphatic heterocycles. The number of nitrogens with one attached hydrogen (secondary N) is 2. The van der Waals surface area contributed by atoms with Crippen LogP contribution in [0.5, 0.6) is 0 Å². The zero-order chi connectivity index (χ0) is 15.5. The summed E-state index contributed by atoms with van der Waals surface area (Å²) in [4.78, 5) is 12.6. The molecule has 1 atom stereocenters. The summed E-state index contributed by atoms with van der Waals surface area (Å²) in [5.41, 5.74) is 1.90. The molecule has 2 N–H and O–H groups in total. The molecule has 1 aliphatic rings. The van der Waals surface area contributed by atoms with Crippen molar-refractivity contribution >= 4 is 5.91 Å². The Morgan fingerprint density at radius 3 is 2.48 bits per heavy atom. The molecule has 0 radical (unpaired) electrons. The van der Waals surface area contributed by atoms with E-state index < -0.39 is 0 Å². The largest absolute Gasteiger partial charge is 0.349 e. The highest BCUT2D eigenvalue weighted by Crippen LogP contribution is 2.26. The van der Waals surface area contributed by atoms with E-state index in [9.17, 15) is 4.79 Å². The van der Waals surface area contributed by atoms with E-state index in [0.717, 1.165) is 37.1 Å². The summed E-state index contributed by atoms with van der Waals surface area (Å²) >= 11 is 0. The lowest BCUT2D eigenvalue weighted by atomic mass is 9.83. The van der Waals surface area contributed by atoms with Gasteiger partial charge in [0.15, 0.2) is 0 Å². The fraction of sp³-hybridized carbons (Fsp3) is 0.611. The van der Waals surface area contributed by atoms with Gasteiger partial charge >= 0.3 is 0 Å². The molecule has 3 heteroatoms. The van der Waals surface area contributed by atoms with Crippen molar-refractivity contribution in [2.75, 3.05) is 13.1 Å². The first-order valence-electron chi connectivity index (χ1n) is 8.00. The van der Waals surface area contributed by atoms with E-state index in [1.165, 1.54) is 0 Å². The van der Waals surface area contributed by atoms with Gasteiger partial charge in [-0.2, -0.15) is 0 Å². The van der Waals surface area contributed by atoms with Gasteiger partial charge in [0.2, 0.25) is 0 Å². The molecule has 1 fully saturated rings. The van der Waals surface area contributed by atoms with Crippen LogP contribution in [0, 0.1) is 5.92 Å². The minimum absolute atomic E-state index is 0.0219. The van der Waals surface area contributed by atoms with Crippen LogP contribution in [0.15, 0.2) is 24.3 Å². The third kappa shape index (κ3) is 4.07. The number of hydrogen-bond acceptors (Lipinski definition) is 2. The fourth-order valence-corrected chi connectivity index (χ4v) is 3.08. The molecule has 1 unspecified atom stereocenters. The van der Waals surface area contributed by atoms with Crippen LogP contribution in [-0.4, -0.2) is 25.0 Å². The predicted octanol–water partition coefficient (Wildman–Crippen LogP) is 3.10. The van der Waals surface area contributed by atoms with Gasteiger partial charge in [0.25, 0.3) is 5.91 Å². The van der Waals surface area contributed by atoms with Gasteiger partial charge in [-0.25, -0.2) is 0 Å². The molecule has 21 heavy (non-hydrogen) atoms. The third-order valence-corrected chi connectivity index (χ3v) is 4.43. The maximum absolute atomic E-state index is 12.6. The lowest BCUT2D eigenvalue weighted by molar-refractivity contribution is 0.0918. The van der Waals surface area contributed by atoms with Crippen LogP contribution < -0.4 is 10.6 Å². The number of hydrogen-bond donors (Lipinski definition) is 2.